The van der Waals surface area contributed by atoms with Gasteiger partial charge >= 0.3 is 0 Å². The highest BCUT2D eigenvalue weighted by atomic mass is 19.1. The van der Waals surface area contributed by atoms with Gasteiger partial charge in [-0.3, -0.25) is 14.4 Å². The second kappa shape index (κ2) is 7.11. The highest BCUT2D eigenvalue weighted by molar-refractivity contribution is 5.92. The molecule has 4 rings (SSSR count). The van der Waals surface area contributed by atoms with Crippen LogP contribution in [0, 0.1) is 5.82 Å². The van der Waals surface area contributed by atoms with Crippen LogP contribution in [0.25, 0.3) is 11.0 Å². The zero-order chi connectivity index (χ0) is 19.0. The molecule has 0 fully saturated rings. The molecule has 8 heteroatoms. The normalized spacial score (nSPS) is 14.5. The van der Waals surface area contributed by atoms with Gasteiger partial charge in [0.2, 0.25) is 0 Å². The summed E-state index contributed by atoms with van der Waals surface area (Å²) in [5.74, 6) is 0.384. The van der Waals surface area contributed by atoms with Crippen LogP contribution in [-0.4, -0.2) is 62.1 Å². The molecule has 3 heterocycles. The van der Waals surface area contributed by atoms with Crippen molar-refractivity contribution in [1.29, 1.82) is 0 Å². The fourth-order valence-corrected chi connectivity index (χ4v) is 3.46. The van der Waals surface area contributed by atoms with Gasteiger partial charge in [-0.25, -0.2) is 9.37 Å². The number of rotatable bonds is 5. The number of carbonyl (C=O) groups is 1. The van der Waals surface area contributed by atoms with Crippen molar-refractivity contribution < 1.29 is 9.18 Å². The Morgan fingerprint density at radius 1 is 1.33 bits per heavy atom. The van der Waals surface area contributed by atoms with E-state index in [4.69, 9.17) is 0 Å². The Labute approximate surface area is 156 Å². The van der Waals surface area contributed by atoms with Crippen LogP contribution in [0.2, 0.25) is 0 Å². The number of aromatic amines is 1. The standard InChI is InChI=1S/C19H23FN6O/c1-3-25(7-6-18-21-15-5-4-13(20)10-16(15)22-18)19(27)17-11-14-12-24(2)8-9-26(14)23-17/h4-5,10-11H,3,6-9,12H2,1-2H3,(H,21,22). The number of imidazole rings is 1. The van der Waals surface area contributed by atoms with Gasteiger partial charge < -0.3 is 9.88 Å². The second-order valence-corrected chi connectivity index (χ2v) is 6.96. The number of nitrogens with zero attached hydrogens (tertiary/aromatic N) is 5. The van der Waals surface area contributed by atoms with Gasteiger partial charge in [0.05, 0.1) is 23.3 Å². The van der Waals surface area contributed by atoms with E-state index >= 15 is 0 Å². The lowest BCUT2D eigenvalue weighted by Crippen LogP contribution is -2.33. The molecule has 1 amide bonds. The number of carbonyl (C=O) groups excluding carboxylic acids is 1. The zero-order valence-corrected chi connectivity index (χ0v) is 15.6. The van der Waals surface area contributed by atoms with Gasteiger partial charge in [0.15, 0.2) is 5.69 Å². The highest BCUT2D eigenvalue weighted by Crippen LogP contribution is 2.15. The molecule has 142 valence electrons. The third-order valence-corrected chi connectivity index (χ3v) is 4.99. The topological polar surface area (TPSA) is 70.0 Å². The average Bonchev–Trinajstić information content (AvgIpc) is 3.24. The van der Waals surface area contributed by atoms with Crippen LogP contribution in [0.4, 0.5) is 4.39 Å². The molecular weight excluding hydrogens is 347 g/mol. The lowest BCUT2D eigenvalue weighted by Gasteiger charge is -2.22. The first kappa shape index (κ1) is 17.7. The van der Waals surface area contributed by atoms with E-state index in [1.807, 2.05) is 17.7 Å². The summed E-state index contributed by atoms with van der Waals surface area (Å²) >= 11 is 0. The van der Waals surface area contributed by atoms with E-state index in [0.717, 1.165) is 36.7 Å². The van der Waals surface area contributed by atoms with Crippen LogP contribution in [0.1, 0.15) is 28.9 Å². The summed E-state index contributed by atoms with van der Waals surface area (Å²) in [6.07, 6.45) is 0.576. The van der Waals surface area contributed by atoms with Crippen molar-refractivity contribution in [3.63, 3.8) is 0 Å². The quantitative estimate of drug-likeness (QED) is 0.746. The number of likely N-dealkylation sites (N-methyl/N-ethyl adjacent to an activating group) is 2. The van der Waals surface area contributed by atoms with Gasteiger partial charge in [0, 0.05) is 32.6 Å². The lowest BCUT2D eigenvalue weighted by molar-refractivity contribution is 0.0758. The highest BCUT2D eigenvalue weighted by Gasteiger charge is 2.22. The third-order valence-electron chi connectivity index (χ3n) is 4.99. The molecule has 0 radical (unpaired) electrons. The van der Waals surface area contributed by atoms with Crippen molar-refractivity contribution in [2.45, 2.75) is 26.4 Å². The fraction of sp³-hybridized carbons (Fsp3) is 0.421. The van der Waals surface area contributed by atoms with E-state index in [0.29, 0.717) is 30.7 Å². The van der Waals surface area contributed by atoms with Gasteiger partial charge in [-0.15, -0.1) is 0 Å². The van der Waals surface area contributed by atoms with Crippen LogP contribution in [-0.2, 0) is 19.5 Å². The van der Waals surface area contributed by atoms with Gasteiger partial charge in [0.25, 0.3) is 5.91 Å². The molecule has 1 N–H and O–H groups in total. The monoisotopic (exact) mass is 370 g/mol. The maximum absolute atomic E-state index is 13.3. The Bertz CT molecular complexity index is 978. The zero-order valence-electron chi connectivity index (χ0n) is 15.6. The van der Waals surface area contributed by atoms with Crippen molar-refractivity contribution in [3.05, 3.63) is 47.3 Å². The first-order chi connectivity index (χ1) is 13.0. The average molecular weight is 370 g/mol. The summed E-state index contributed by atoms with van der Waals surface area (Å²) in [5.41, 5.74) is 2.97. The van der Waals surface area contributed by atoms with Crippen LogP contribution < -0.4 is 0 Å². The van der Waals surface area contributed by atoms with E-state index in [1.165, 1.54) is 12.1 Å². The molecule has 2 aromatic heterocycles. The lowest BCUT2D eigenvalue weighted by atomic mass is 10.2. The summed E-state index contributed by atoms with van der Waals surface area (Å²) in [4.78, 5) is 24.4. The predicted molar refractivity (Wildman–Crippen MR) is 99.9 cm³/mol. The number of H-pyrrole nitrogens is 1. The molecule has 7 nitrogen and oxygen atoms in total. The van der Waals surface area contributed by atoms with Crippen LogP contribution in [0.3, 0.4) is 0 Å². The van der Waals surface area contributed by atoms with Crippen molar-refractivity contribution in [2.24, 2.45) is 0 Å². The predicted octanol–water partition coefficient (Wildman–Crippen LogP) is 2.05. The van der Waals surface area contributed by atoms with Crippen molar-refractivity contribution >= 4 is 16.9 Å². The minimum Gasteiger partial charge on any atom is -0.342 e. The van der Waals surface area contributed by atoms with Crippen molar-refractivity contribution in [2.75, 3.05) is 26.7 Å². The molecule has 0 unspecified atom stereocenters. The van der Waals surface area contributed by atoms with E-state index in [2.05, 4.69) is 27.0 Å². The first-order valence-electron chi connectivity index (χ1n) is 9.22. The van der Waals surface area contributed by atoms with Crippen LogP contribution in [0.5, 0.6) is 0 Å². The molecule has 0 saturated heterocycles. The SMILES string of the molecule is CCN(CCc1nc2ccc(F)cc2[nH]1)C(=O)c1cc2n(n1)CCN(C)C2. The summed E-state index contributed by atoms with van der Waals surface area (Å²) in [5, 5.41) is 4.49. The molecule has 27 heavy (non-hydrogen) atoms. The number of benzene rings is 1. The number of nitrogens with one attached hydrogen (secondary N) is 1. The smallest absolute Gasteiger partial charge is 0.274 e. The Balaban J connectivity index is 1.46. The van der Waals surface area contributed by atoms with E-state index < -0.39 is 0 Å². The maximum atomic E-state index is 13.3. The fourth-order valence-electron chi connectivity index (χ4n) is 3.46. The Hall–Kier alpha value is -2.74. The maximum Gasteiger partial charge on any atom is 0.274 e. The number of hydrogen-bond donors (Lipinski definition) is 1. The van der Waals surface area contributed by atoms with E-state index in [9.17, 15) is 9.18 Å². The van der Waals surface area contributed by atoms with Crippen molar-refractivity contribution in [1.82, 2.24) is 29.5 Å². The molecule has 1 aliphatic heterocycles. The molecule has 0 bridgehead atoms. The number of fused-ring (bicyclic) bond motifs is 2. The number of hydrogen-bond acceptors (Lipinski definition) is 4. The molecule has 0 saturated carbocycles. The largest absolute Gasteiger partial charge is 0.342 e. The van der Waals surface area contributed by atoms with Gasteiger partial charge in [-0.1, -0.05) is 0 Å². The Morgan fingerprint density at radius 3 is 3.00 bits per heavy atom. The van der Waals surface area contributed by atoms with Gasteiger partial charge in [-0.2, -0.15) is 5.10 Å². The Morgan fingerprint density at radius 2 is 2.19 bits per heavy atom. The number of halogens is 1. The molecule has 1 aromatic carbocycles. The van der Waals surface area contributed by atoms with Gasteiger partial charge in [-0.05, 0) is 38.2 Å². The summed E-state index contributed by atoms with van der Waals surface area (Å²) in [6, 6.07) is 6.37. The minimum absolute atomic E-state index is 0.0655. The summed E-state index contributed by atoms with van der Waals surface area (Å²) < 4.78 is 15.2. The Kier molecular flexibility index (Phi) is 4.65. The molecule has 3 aromatic rings. The summed E-state index contributed by atoms with van der Waals surface area (Å²) in [6.45, 7) is 5.63. The van der Waals surface area contributed by atoms with Crippen LogP contribution >= 0.6 is 0 Å². The molecule has 0 spiro atoms. The second-order valence-electron chi connectivity index (χ2n) is 6.96. The van der Waals surface area contributed by atoms with Crippen LogP contribution in [0.15, 0.2) is 24.3 Å². The van der Waals surface area contributed by atoms with Gasteiger partial charge in [0.1, 0.15) is 11.6 Å². The van der Waals surface area contributed by atoms with E-state index in [-0.39, 0.29) is 11.7 Å². The molecule has 0 aliphatic carbocycles. The minimum atomic E-state index is -0.294. The molecule has 1 aliphatic rings. The van der Waals surface area contributed by atoms with E-state index in [1.54, 1.807) is 11.0 Å². The van der Waals surface area contributed by atoms with Crippen molar-refractivity contribution in [3.8, 4) is 0 Å². The molecule has 0 atom stereocenters. The summed E-state index contributed by atoms with van der Waals surface area (Å²) in [7, 11) is 2.07. The number of amides is 1. The molecular formula is C19H23FN6O. The number of aromatic nitrogens is 4. The third kappa shape index (κ3) is 3.57. The first-order valence-corrected chi connectivity index (χ1v) is 9.22.